The van der Waals surface area contributed by atoms with Crippen molar-refractivity contribution in [1.29, 1.82) is 5.26 Å². The number of piperazine rings is 1. The molecule has 1 aliphatic rings. The van der Waals surface area contributed by atoms with Gasteiger partial charge < -0.3 is 15.3 Å². The van der Waals surface area contributed by atoms with Gasteiger partial charge in [-0.05, 0) is 36.2 Å². The Morgan fingerprint density at radius 1 is 1.18 bits per heavy atom. The third kappa shape index (κ3) is 4.90. The van der Waals surface area contributed by atoms with Crippen molar-refractivity contribution in [3.63, 3.8) is 0 Å². The first kappa shape index (κ1) is 19.5. The summed E-state index contributed by atoms with van der Waals surface area (Å²) in [4.78, 5) is 16.7. The van der Waals surface area contributed by atoms with E-state index in [1.54, 1.807) is 23.1 Å². The molecule has 1 aliphatic heterocycles. The lowest BCUT2D eigenvalue weighted by Crippen LogP contribution is -2.48. The molecule has 0 aliphatic carbocycles. The van der Waals surface area contributed by atoms with E-state index in [4.69, 9.17) is 0 Å². The molecule has 3 rings (SSSR count). The molecule has 2 N–H and O–H groups in total. The van der Waals surface area contributed by atoms with E-state index in [0.29, 0.717) is 13.1 Å². The summed E-state index contributed by atoms with van der Waals surface area (Å²) in [6.07, 6.45) is 1.44. The van der Waals surface area contributed by atoms with Gasteiger partial charge in [0.2, 0.25) is 0 Å². The highest BCUT2D eigenvalue weighted by molar-refractivity contribution is 5.97. The van der Waals surface area contributed by atoms with E-state index in [-0.39, 0.29) is 17.2 Å². The second-order valence-corrected chi connectivity index (χ2v) is 6.87. The molecule has 28 heavy (non-hydrogen) atoms. The number of nitriles is 1. The molecule has 2 aromatic rings. The molecule has 0 aromatic heterocycles. The van der Waals surface area contributed by atoms with E-state index in [1.165, 1.54) is 11.8 Å². The highest BCUT2D eigenvalue weighted by Gasteiger charge is 2.23. The van der Waals surface area contributed by atoms with Crippen LogP contribution in [0.2, 0.25) is 0 Å². The van der Waals surface area contributed by atoms with Gasteiger partial charge in [-0.1, -0.05) is 30.3 Å². The molecule has 2 aromatic carbocycles. The Kier molecular flexibility index (Phi) is 6.30. The smallest absolute Gasteiger partial charge is 0.266 e. The Balaban J connectivity index is 1.57. The molecule has 6 heteroatoms. The van der Waals surface area contributed by atoms with E-state index < -0.39 is 0 Å². The van der Waals surface area contributed by atoms with E-state index in [1.807, 2.05) is 31.2 Å². The van der Waals surface area contributed by atoms with Crippen molar-refractivity contribution in [2.24, 2.45) is 0 Å². The van der Waals surface area contributed by atoms with Gasteiger partial charge in [0.1, 0.15) is 17.4 Å². The average molecular weight is 376 g/mol. The Morgan fingerprint density at radius 3 is 2.54 bits per heavy atom. The van der Waals surface area contributed by atoms with Crippen LogP contribution in [0.1, 0.15) is 11.1 Å². The molecule has 0 unspecified atom stereocenters. The van der Waals surface area contributed by atoms with Gasteiger partial charge in [-0.15, -0.1) is 0 Å². The highest BCUT2D eigenvalue weighted by atomic mass is 16.3. The van der Waals surface area contributed by atoms with Gasteiger partial charge in [-0.25, -0.2) is 0 Å². The van der Waals surface area contributed by atoms with Crippen molar-refractivity contribution in [2.45, 2.75) is 13.5 Å². The van der Waals surface area contributed by atoms with Crippen molar-refractivity contribution < 1.29 is 9.90 Å². The molecule has 0 saturated carbocycles. The topological polar surface area (TPSA) is 79.6 Å². The summed E-state index contributed by atoms with van der Waals surface area (Å²) in [5.74, 6) is -0.0808. The molecular weight excluding hydrogens is 352 g/mol. The van der Waals surface area contributed by atoms with Crippen molar-refractivity contribution in [1.82, 2.24) is 9.80 Å². The number of hydrogen-bond acceptors (Lipinski definition) is 5. The molecule has 144 valence electrons. The van der Waals surface area contributed by atoms with Gasteiger partial charge in [0.25, 0.3) is 5.91 Å². The summed E-state index contributed by atoms with van der Waals surface area (Å²) in [6, 6.07) is 17.2. The third-order valence-electron chi connectivity index (χ3n) is 4.84. The fourth-order valence-electron chi connectivity index (χ4n) is 3.22. The lowest BCUT2D eigenvalue weighted by atomic mass is 10.1. The summed E-state index contributed by atoms with van der Waals surface area (Å²) < 4.78 is 0. The third-order valence-corrected chi connectivity index (χ3v) is 4.84. The Bertz CT molecular complexity index is 894. The normalized spacial score (nSPS) is 15.1. The van der Waals surface area contributed by atoms with Crippen LogP contribution < -0.4 is 5.32 Å². The van der Waals surface area contributed by atoms with Crippen LogP contribution in [-0.2, 0) is 11.3 Å². The first-order valence-electron chi connectivity index (χ1n) is 9.29. The fourth-order valence-corrected chi connectivity index (χ4v) is 3.22. The number of benzene rings is 2. The number of carbonyl (C=O) groups is 1. The zero-order chi connectivity index (χ0) is 19.9. The van der Waals surface area contributed by atoms with Crippen LogP contribution in [0.15, 0.2) is 60.3 Å². The van der Waals surface area contributed by atoms with E-state index >= 15 is 0 Å². The number of amides is 1. The van der Waals surface area contributed by atoms with Gasteiger partial charge in [0.05, 0.1) is 0 Å². The average Bonchev–Trinajstić information content (AvgIpc) is 2.71. The molecule has 1 amide bonds. The lowest BCUT2D eigenvalue weighted by Gasteiger charge is -2.34. The minimum atomic E-state index is -0.259. The quantitative estimate of drug-likeness (QED) is 0.477. The van der Waals surface area contributed by atoms with Crippen LogP contribution in [0, 0.1) is 18.3 Å². The summed E-state index contributed by atoms with van der Waals surface area (Å²) >= 11 is 0. The number of rotatable bonds is 5. The Morgan fingerprint density at radius 2 is 1.89 bits per heavy atom. The first-order chi connectivity index (χ1) is 13.6. The Hall–Kier alpha value is -3.30. The van der Waals surface area contributed by atoms with Crippen LogP contribution in [0.3, 0.4) is 0 Å². The van der Waals surface area contributed by atoms with Gasteiger partial charge in [-0.3, -0.25) is 9.69 Å². The first-order valence-corrected chi connectivity index (χ1v) is 9.29. The predicted octanol–water partition coefficient (Wildman–Crippen LogP) is 2.86. The maximum Gasteiger partial charge on any atom is 0.266 e. The van der Waals surface area contributed by atoms with E-state index in [0.717, 1.165) is 30.9 Å². The highest BCUT2D eigenvalue weighted by Crippen LogP contribution is 2.20. The van der Waals surface area contributed by atoms with Crippen molar-refractivity contribution in [3.8, 4) is 11.8 Å². The monoisotopic (exact) mass is 376 g/mol. The predicted molar refractivity (Wildman–Crippen MR) is 108 cm³/mol. The van der Waals surface area contributed by atoms with Crippen molar-refractivity contribution >= 4 is 11.6 Å². The fraction of sp³-hybridized carbons (Fsp3) is 0.273. The van der Waals surface area contributed by atoms with Crippen LogP contribution in [-0.4, -0.2) is 47.0 Å². The maximum atomic E-state index is 12.7. The molecule has 1 heterocycles. The molecule has 6 nitrogen and oxygen atoms in total. The molecule has 1 fully saturated rings. The van der Waals surface area contributed by atoms with Crippen LogP contribution in [0.5, 0.6) is 5.75 Å². The number of nitrogens with one attached hydrogen (secondary N) is 1. The molecule has 0 atom stereocenters. The second-order valence-electron chi connectivity index (χ2n) is 6.87. The van der Waals surface area contributed by atoms with Crippen molar-refractivity contribution in [3.05, 3.63) is 71.4 Å². The molecule has 0 bridgehead atoms. The number of anilines is 1. The summed E-state index contributed by atoms with van der Waals surface area (Å²) in [5, 5.41) is 21.9. The molecule has 0 spiro atoms. The number of hydrogen-bond donors (Lipinski definition) is 2. The summed E-state index contributed by atoms with van der Waals surface area (Å²) in [5.41, 5.74) is 2.90. The Labute approximate surface area is 165 Å². The van der Waals surface area contributed by atoms with Crippen LogP contribution >= 0.6 is 0 Å². The van der Waals surface area contributed by atoms with Gasteiger partial charge in [-0.2, -0.15) is 5.26 Å². The molecular formula is C22H24N4O2. The minimum Gasteiger partial charge on any atom is -0.508 e. The van der Waals surface area contributed by atoms with Gasteiger partial charge in [0, 0.05) is 44.6 Å². The number of carbonyl (C=O) groups excluding carboxylic acids is 1. The lowest BCUT2D eigenvalue weighted by molar-refractivity contribution is -0.128. The van der Waals surface area contributed by atoms with Gasteiger partial charge >= 0.3 is 0 Å². The number of phenolic OH excluding ortho intramolecular Hbond substituents is 1. The summed E-state index contributed by atoms with van der Waals surface area (Å²) in [7, 11) is 0. The maximum absolute atomic E-state index is 12.7. The van der Waals surface area contributed by atoms with E-state index in [2.05, 4.69) is 22.3 Å². The molecule has 0 radical (unpaired) electrons. The largest absolute Gasteiger partial charge is 0.508 e. The standard InChI is InChI=1S/C22H24N4O2/c1-17-13-20(27)7-8-21(17)24-15-19(14-23)22(28)26-11-9-25(10-12-26)16-18-5-3-2-4-6-18/h2-8,13,15,24,27H,9-12,16H2,1H3/b19-15-. The minimum absolute atomic E-state index is 0.0731. The van der Waals surface area contributed by atoms with Crippen LogP contribution in [0.4, 0.5) is 5.69 Å². The zero-order valence-electron chi connectivity index (χ0n) is 15.9. The van der Waals surface area contributed by atoms with E-state index in [9.17, 15) is 15.2 Å². The molecule has 1 saturated heterocycles. The number of aryl methyl sites for hydroxylation is 1. The second kappa shape index (κ2) is 9.07. The SMILES string of the molecule is Cc1cc(O)ccc1N/C=C(/C#N)C(=O)N1CCN(Cc2ccccc2)CC1. The van der Waals surface area contributed by atoms with Gasteiger partial charge in [0.15, 0.2) is 0 Å². The number of nitrogens with zero attached hydrogens (tertiary/aromatic N) is 3. The van der Waals surface area contributed by atoms with Crippen LogP contribution in [0.25, 0.3) is 0 Å². The van der Waals surface area contributed by atoms with Crippen molar-refractivity contribution in [2.75, 3.05) is 31.5 Å². The number of phenols is 1. The zero-order valence-corrected chi connectivity index (χ0v) is 15.9. The summed E-state index contributed by atoms with van der Waals surface area (Å²) in [6.45, 7) is 5.47. The number of aromatic hydroxyl groups is 1.